The molecule has 0 fully saturated rings. The molecule has 63 heavy (non-hydrogen) atoms. The Bertz CT molecular complexity index is 2930. The number of aliphatic hydroxyl groups is 1. The van der Waals surface area contributed by atoms with Gasteiger partial charge < -0.3 is 32.8 Å². The lowest BCUT2D eigenvalue weighted by atomic mass is 9.78. The molecule has 4 aromatic heterocycles. The summed E-state index contributed by atoms with van der Waals surface area (Å²) >= 11 is 0. The van der Waals surface area contributed by atoms with Gasteiger partial charge >= 0.3 is 0 Å². The summed E-state index contributed by atoms with van der Waals surface area (Å²) in [7, 11) is 3.21. The van der Waals surface area contributed by atoms with Crippen LogP contribution in [-0.4, -0.2) is 48.7 Å². The number of methoxy groups -OCH3 is 2. The van der Waals surface area contributed by atoms with Gasteiger partial charge in [0, 0.05) is 52.7 Å². The summed E-state index contributed by atoms with van der Waals surface area (Å²) in [5, 5.41) is 19.9. The van der Waals surface area contributed by atoms with Gasteiger partial charge in [-0.15, -0.1) is 0 Å². The molecule has 0 bridgehead atoms. The highest BCUT2D eigenvalue weighted by Crippen LogP contribution is 2.45. The van der Waals surface area contributed by atoms with Crippen molar-refractivity contribution in [1.82, 2.24) is 29.4 Å². The first-order valence-corrected chi connectivity index (χ1v) is 20.4. The standard InChI is InChI=1S/C24H21F2N3O3.C24H21F2N3O2/c1-14-12-29(13-27-14)20-6-5-15(8-21(20)31-2)22-19-4-3-7-24(30,23(19)32-28-22)16-9-17(25)11-18(26)10-16;1-14-12-29(13-27-14)21-7-6-15(10-22(21)30-2)23-20-5-3-4-19(24(20)31-28-23)16-8-17(25)11-18(26)9-16/h5-6,8-13,30H,3-4,7H2,1-2H3;6-13,19H,3-5H2,1-2H3. The number of ether oxygens (including phenoxy) is 2. The van der Waals surface area contributed by atoms with Gasteiger partial charge in [0.15, 0.2) is 11.4 Å². The number of rotatable bonds is 8. The molecule has 11 nitrogen and oxygen atoms in total. The third-order valence-corrected chi connectivity index (χ3v) is 11.7. The number of nitrogens with zero attached hydrogens (tertiary/aromatic N) is 6. The smallest absolute Gasteiger partial charge is 0.176 e. The molecule has 0 amide bonds. The van der Waals surface area contributed by atoms with Gasteiger partial charge in [0.25, 0.3) is 0 Å². The summed E-state index contributed by atoms with van der Waals surface area (Å²) in [4.78, 5) is 8.53. The predicted octanol–water partition coefficient (Wildman–Crippen LogP) is 10.3. The first-order chi connectivity index (χ1) is 30.4. The van der Waals surface area contributed by atoms with Gasteiger partial charge in [0.2, 0.25) is 0 Å². The Morgan fingerprint density at radius 1 is 0.667 bits per heavy atom. The second kappa shape index (κ2) is 16.7. The van der Waals surface area contributed by atoms with E-state index >= 15 is 0 Å². The lowest BCUT2D eigenvalue weighted by Crippen LogP contribution is -2.31. The molecular formula is C48H42F4N6O5. The van der Waals surface area contributed by atoms with Gasteiger partial charge in [-0.25, -0.2) is 27.5 Å². The predicted molar refractivity (Wildman–Crippen MR) is 224 cm³/mol. The van der Waals surface area contributed by atoms with E-state index in [0.717, 1.165) is 94.2 Å². The third kappa shape index (κ3) is 7.88. The van der Waals surface area contributed by atoms with Crippen LogP contribution in [-0.2, 0) is 18.4 Å². The zero-order valence-electron chi connectivity index (χ0n) is 34.8. The van der Waals surface area contributed by atoms with Crippen molar-refractivity contribution in [3.8, 4) is 45.4 Å². The molecule has 0 radical (unpaired) electrons. The maximum absolute atomic E-state index is 13.8. The van der Waals surface area contributed by atoms with E-state index in [0.29, 0.717) is 41.4 Å². The molecule has 0 spiro atoms. The molecule has 2 unspecified atom stereocenters. The molecule has 2 aliphatic rings. The van der Waals surface area contributed by atoms with Gasteiger partial charge in [0.05, 0.1) is 49.6 Å². The van der Waals surface area contributed by atoms with Gasteiger partial charge in [0.1, 0.15) is 51.9 Å². The summed E-state index contributed by atoms with van der Waals surface area (Å²) in [6, 6.07) is 18.1. The van der Waals surface area contributed by atoms with E-state index in [1.54, 1.807) is 26.9 Å². The number of aromatic nitrogens is 6. The largest absolute Gasteiger partial charge is 0.495 e. The number of hydrogen-bond acceptors (Lipinski definition) is 9. The van der Waals surface area contributed by atoms with Crippen molar-refractivity contribution in [2.75, 3.05) is 14.2 Å². The summed E-state index contributed by atoms with van der Waals surface area (Å²) < 4.78 is 81.6. The number of halogens is 4. The summed E-state index contributed by atoms with van der Waals surface area (Å²) in [5.41, 5.74) is 7.16. The quantitative estimate of drug-likeness (QED) is 0.149. The zero-order valence-corrected chi connectivity index (χ0v) is 34.8. The molecule has 4 aromatic carbocycles. The third-order valence-electron chi connectivity index (χ3n) is 11.7. The maximum Gasteiger partial charge on any atom is 0.176 e. The fraction of sp³-hybridized carbons (Fsp3) is 0.250. The highest BCUT2D eigenvalue weighted by Gasteiger charge is 2.42. The van der Waals surface area contributed by atoms with Crippen LogP contribution < -0.4 is 9.47 Å². The van der Waals surface area contributed by atoms with Crippen LogP contribution in [0.4, 0.5) is 17.6 Å². The van der Waals surface area contributed by atoms with Crippen LogP contribution in [0, 0.1) is 37.1 Å². The van der Waals surface area contributed by atoms with E-state index in [9.17, 15) is 22.7 Å². The fourth-order valence-electron chi connectivity index (χ4n) is 8.75. The van der Waals surface area contributed by atoms with Crippen molar-refractivity contribution in [3.05, 3.63) is 166 Å². The average Bonchev–Trinajstić information content (AvgIpc) is 4.10. The molecule has 0 aliphatic heterocycles. The summed E-state index contributed by atoms with van der Waals surface area (Å²) in [6.07, 6.45) is 11.2. The maximum atomic E-state index is 13.8. The molecule has 322 valence electrons. The first-order valence-electron chi connectivity index (χ1n) is 20.4. The van der Waals surface area contributed by atoms with Crippen molar-refractivity contribution in [2.45, 2.75) is 63.9 Å². The van der Waals surface area contributed by atoms with Gasteiger partial charge in [-0.05, 0) is 112 Å². The van der Waals surface area contributed by atoms with E-state index in [-0.39, 0.29) is 23.7 Å². The van der Waals surface area contributed by atoms with Gasteiger partial charge in [-0.3, -0.25) is 0 Å². The fourth-order valence-corrected chi connectivity index (χ4v) is 8.75. The minimum absolute atomic E-state index is 0.113. The average molecular weight is 859 g/mol. The van der Waals surface area contributed by atoms with Crippen LogP contribution in [0.1, 0.15) is 76.8 Å². The molecule has 2 atom stereocenters. The van der Waals surface area contributed by atoms with Crippen LogP contribution in [0.5, 0.6) is 11.5 Å². The number of fused-ring (bicyclic) bond motifs is 2. The molecule has 0 saturated carbocycles. The molecule has 1 N–H and O–H groups in total. The molecule has 8 aromatic rings. The van der Waals surface area contributed by atoms with E-state index in [4.69, 9.17) is 18.5 Å². The first kappa shape index (κ1) is 41.4. The number of hydrogen-bond donors (Lipinski definition) is 1. The van der Waals surface area contributed by atoms with Gasteiger partial charge in [-0.1, -0.05) is 22.4 Å². The highest BCUT2D eigenvalue weighted by molar-refractivity contribution is 5.70. The Kier molecular flexibility index (Phi) is 11.0. The SMILES string of the molecule is COc1cc(-c2noc3c2CCCC3(O)c2cc(F)cc(F)c2)ccc1-n1cnc(C)c1.COc1cc(-c2noc3c2CCCC3c2cc(F)cc(F)c2)ccc1-n1cnc(C)c1. The van der Waals surface area contributed by atoms with Crippen LogP contribution in [0.15, 0.2) is 107 Å². The summed E-state index contributed by atoms with van der Waals surface area (Å²) in [6.45, 7) is 3.84. The van der Waals surface area contributed by atoms with Crippen molar-refractivity contribution in [3.63, 3.8) is 0 Å². The van der Waals surface area contributed by atoms with Crippen molar-refractivity contribution in [2.24, 2.45) is 0 Å². The van der Waals surface area contributed by atoms with Crippen molar-refractivity contribution < 1.29 is 41.2 Å². The number of aryl methyl sites for hydroxylation is 2. The normalized spacial score (nSPS) is 16.8. The Hall–Kier alpha value is -7.00. The van der Waals surface area contributed by atoms with E-state index in [1.807, 2.05) is 71.8 Å². The Labute approximate surface area is 359 Å². The van der Waals surface area contributed by atoms with Crippen LogP contribution in [0.2, 0.25) is 0 Å². The highest BCUT2D eigenvalue weighted by atomic mass is 19.1. The molecule has 15 heteroatoms. The van der Waals surface area contributed by atoms with Crippen LogP contribution >= 0.6 is 0 Å². The lowest BCUT2D eigenvalue weighted by Gasteiger charge is -2.30. The Morgan fingerprint density at radius 3 is 1.73 bits per heavy atom. The van der Waals surface area contributed by atoms with E-state index in [1.165, 1.54) is 12.1 Å². The zero-order chi connectivity index (χ0) is 44.0. The van der Waals surface area contributed by atoms with E-state index in [2.05, 4.69) is 20.3 Å². The topological polar surface area (TPSA) is 126 Å². The molecule has 0 saturated heterocycles. The number of imidazole rings is 2. The number of benzene rings is 4. The van der Waals surface area contributed by atoms with Gasteiger partial charge in [-0.2, -0.15) is 0 Å². The van der Waals surface area contributed by atoms with E-state index < -0.39 is 28.9 Å². The molecule has 4 heterocycles. The van der Waals surface area contributed by atoms with Crippen molar-refractivity contribution in [1.29, 1.82) is 0 Å². The second-order valence-electron chi connectivity index (χ2n) is 15.9. The van der Waals surface area contributed by atoms with Crippen LogP contribution in [0.25, 0.3) is 33.9 Å². The molecule has 2 aliphatic carbocycles. The summed E-state index contributed by atoms with van der Waals surface area (Å²) in [5.74, 6) is -0.692. The minimum Gasteiger partial charge on any atom is -0.495 e. The Morgan fingerprint density at radius 2 is 1.19 bits per heavy atom. The molecule has 10 rings (SSSR count). The van der Waals surface area contributed by atoms with Crippen LogP contribution in [0.3, 0.4) is 0 Å². The minimum atomic E-state index is -1.65. The monoisotopic (exact) mass is 858 g/mol. The second-order valence-corrected chi connectivity index (χ2v) is 15.9. The lowest BCUT2D eigenvalue weighted by molar-refractivity contribution is 0.0316. The van der Waals surface area contributed by atoms with Crippen molar-refractivity contribution >= 4 is 0 Å². The Balaban J connectivity index is 0.000000160. The molecular weight excluding hydrogens is 817 g/mol.